The van der Waals surface area contributed by atoms with Gasteiger partial charge in [-0.3, -0.25) is 4.79 Å². The minimum Gasteiger partial charge on any atom is -0.353 e. The van der Waals surface area contributed by atoms with Crippen molar-refractivity contribution in [2.45, 2.75) is 57.0 Å². The first kappa shape index (κ1) is 12.8. The van der Waals surface area contributed by atoms with Crippen molar-refractivity contribution < 1.29 is 4.79 Å². The molecule has 1 heterocycles. The number of nitrogens with two attached hydrogens (primary N) is 1. The van der Waals surface area contributed by atoms with Crippen molar-refractivity contribution in [1.29, 1.82) is 0 Å². The molecule has 1 saturated heterocycles. The van der Waals surface area contributed by atoms with Crippen molar-refractivity contribution in [3.63, 3.8) is 0 Å². The molecule has 17 heavy (non-hydrogen) atoms. The van der Waals surface area contributed by atoms with Crippen LogP contribution in [0.4, 0.5) is 0 Å². The lowest BCUT2D eigenvalue weighted by molar-refractivity contribution is -0.122. The average molecular weight is 239 g/mol. The van der Waals surface area contributed by atoms with Gasteiger partial charge >= 0.3 is 0 Å². The Morgan fingerprint density at radius 2 is 2.00 bits per heavy atom. The van der Waals surface area contributed by atoms with E-state index in [2.05, 4.69) is 10.2 Å². The van der Waals surface area contributed by atoms with Crippen LogP contribution < -0.4 is 11.1 Å². The third-order valence-corrected chi connectivity index (χ3v) is 3.93. The van der Waals surface area contributed by atoms with Gasteiger partial charge in [0.25, 0.3) is 0 Å². The molecule has 4 nitrogen and oxygen atoms in total. The van der Waals surface area contributed by atoms with Crippen molar-refractivity contribution in [2.24, 2.45) is 5.73 Å². The molecule has 0 aromatic carbocycles. The molecule has 2 aliphatic rings. The second-order valence-electron chi connectivity index (χ2n) is 5.50. The SMILES string of the molecule is N[C@H]1CCN(CCC(=O)NC2CCCCC2)C1. The number of rotatable bonds is 4. The van der Waals surface area contributed by atoms with Gasteiger partial charge in [-0.25, -0.2) is 0 Å². The van der Waals surface area contributed by atoms with Crippen LogP contribution >= 0.6 is 0 Å². The minimum atomic E-state index is 0.220. The summed E-state index contributed by atoms with van der Waals surface area (Å²) in [4.78, 5) is 14.1. The molecule has 0 aromatic rings. The van der Waals surface area contributed by atoms with E-state index in [1.54, 1.807) is 0 Å². The molecule has 1 saturated carbocycles. The van der Waals surface area contributed by atoms with Crippen LogP contribution in [0.2, 0.25) is 0 Å². The van der Waals surface area contributed by atoms with Gasteiger partial charge in [-0.05, 0) is 25.8 Å². The molecule has 0 unspecified atom stereocenters. The molecule has 3 N–H and O–H groups in total. The van der Waals surface area contributed by atoms with E-state index in [0.717, 1.165) is 26.1 Å². The molecule has 2 rings (SSSR count). The molecule has 1 amide bonds. The predicted octanol–water partition coefficient (Wildman–Crippen LogP) is 0.858. The number of nitrogens with zero attached hydrogens (tertiary/aromatic N) is 1. The average Bonchev–Trinajstić information content (AvgIpc) is 2.74. The van der Waals surface area contributed by atoms with Gasteiger partial charge in [-0.2, -0.15) is 0 Å². The lowest BCUT2D eigenvalue weighted by Crippen LogP contribution is -2.38. The predicted molar refractivity (Wildman–Crippen MR) is 68.7 cm³/mol. The Hall–Kier alpha value is -0.610. The number of likely N-dealkylation sites (tertiary alicyclic amines) is 1. The highest BCUT2D eigenvalue weighted by Gasteiger charge is 2.20. The van der Waals surface area contributed by atoms with E-state index in [4.69, 9.17) is 5.73 Å². The van der Waals surface area contributed by atoms with E-state index in [0.29, 0.717) is 18.5 Å². The molecule has 0 bridgehead atoms. The minimum absolute atomic E-state index is 0.220. The lowest BCUT2D eigenvalue weighted by atomic mass is 9.95. The van der Waals surface area contributed by atoms with Crippen molar-refractivity contribution >= 4 is 5.91 Å². The summed E-state index contributed by atoms with van der Waals surface area (Å²) in [7, 11) is 0. The van der Waals surface area contributed by atoms with Gasteiger partial charge < -0.3 is 16.0 Å². The van der Waals surface area contributed by atoms with Crippen LogP contribution in [-0.2, 0) is 4.79 Å². The number of amides is 1. The molecular weight excluding hydrogens is 214 g/mol. The van der Waals surface area contributed by atoms with Crippen LogP contribution in [0.3, 0.4) is 0 Å². The van der Waals surface area contributed by atoms with Gasteiger partial charge in [0.2, 0.25) is 5.91 Å². The van der Waals surface area contributed by atoms with Gasteiger partial charge in [0.1, 0.15) is 0 Å². The number of hydrogen-bond acceptors (Lipinski definition) is 3. The summed E-state index contributed by atoms with van der Waals surface area (Å²) in [6.07, 6.45) is 7.91. The zero-order valence-corrected chi connectivity index (χ0v) is 10.7. The highest BCUT2D eigenvalue weighted by Crippen LogP contribution is 2.17. The summed E-state index contributed by atoms with van der Waals surface area (Å²) in [5.41, 5.74) is 5.84. The summed E-state index contributed by atoms with van der Waals surface area (Å²) in [5.74, 6) is 0.220. The molecule has 2 fully saturated rings. The molecule has 0 radical (unpaired) electrons. The Kier molecular flexibility index (Phi) is 4.80. The summed E-state index contributed by atoms with van der Waals surface area (Å²) >= 11 is 0. The van der Waals surface area contributed by atoms with E-state index in [1.165, 1.54) is 32.1 Å². The van der Waals surface area contributed by atoms with Crippen LogP contribution in [-0.4, -0.2) is 42.5 Å². The first-order valence-corrected chi connectivity index (χ1v) is 7.01. The van der Waals surface area contributed by atoms with E-state index in [-0.39, 0.29) is 5.91 Å². The summed E-state index contributed by atoms with van der Waals surface area (Å²) in [6.45, 7) is 2.88. The fourth-order valence-corrected chi connectivity index (χ4v) is 2.87. The fraction of sp³-hybridized carbons (Fsp3) is 0.923. The third kappa shape index (κ3) is 4.28. The second kappa shape index (κ2) is 6.36. The van der Waals surface area contributed by atoms with E-state index in [1.807, 2.05) is 0 Å². The molecule has 1 atom stereocenters. The Balaban J connectivity index is 1.60. The van der Waals surface area contributed by atoms with Crippen molar-refractivity contribution in [2.75, 3.05) is 19.6 Å². The normalized spacial score (nSPS) is 27.2. The number of hydrogen-bond donors (Lipinski definition) is 2. The van der Waals surface area contributed by atoms with Gasteiger partial charge in [-0.1, -0.05) is 19.3 Å². The fourth-order valence-electron chi connectivity index (χ4n) is 2.87. The molecule has 98 valence electrons. The maximum atomic E-state index is 11.8. The largest absolute Gasteiger partial charge is 0.353 e. The highest BCUT2D eigenvalue weighted by molar-refractivity contribution is 5.76. The van der Waals surface area contributed by atoms with Crippen LogP contribution in [0.25, 0.3) is 0 Å². The van der Waals surface area contributed by atoms with Crippen LogP contribution in [0, 0.1) is 0 Å². The quantitative estimate of drug-likeness (QED) is 0.765. The van der Waals surface area contributed by atoms with E-state index < -0.39 is 0 Å². The molecule has 0 aromatic heterocycles. The molecule has 4 heteroatoms. The Bertz CT molecular complexity index is 251. The number of nitrogens with one attached hydrogen (secondary N) is 1. The highest BCUT2D eigenvalue weighted by atomic mass is 16.1. The molecule has 0 spiro atoms. The van der Waals surface area contributed by atoms with Gasteiger partial charge in [0, 0.05) is 31.6 Å². The summed E-state index contributed by atoms with van der Waals surface area (Å²) in [6, 6.07) is 0.758. The Labute approximate surface area is 104 Å². The molecular formula is C13H25N3O. The van der Waals surface area contributed by atoms with E-state index in [9.17, 15) is 4.79 Å². The maximum absolute atomic E-state index is 11.8. The Morgan fingerprint density at radius 3 is 2.65 bits per heavy atom. The van der Waals surface area contributed by atoms with Gasteiger partial charge in [0.05, 0.1) is 0 Å². The third-order valence-electron chi connectivity index (χ3n) is 3.93. The summed E-state index contributed by atoms with van der Waals surface area (Å²) in [5, 5.41) is 3.16. The van der Waals surface area contributed by atoms with Crippen molar-refractivity contribution in [3.05, 3.63) is 0 Å². The smallest absolute Gasteiger partial charge is 0.221 e. The van der Waals surface area contributed by atoms with Gasteiger partial charge in [-0.15, -0.1) is 0 Å². The van der Waals surface area contributed by atoms with Crippen molar-refractivity contribution in [3.8, 4) is 0 Å². The maximum Gasteiger partial charge on any atom is 0.221 e. The Morgan fingerprint density at radius 1 is 1.24 bits per heavy atom. The monoisotopic (exact) mass is 239 g/mol. The lowest BCUT2D eigenvalue weighted by Gasteiger charge is -2.23. The number of carbonyl (C=O) groups excluding carboxylic acids is 1. The molecule has 1 aliphatic heterocycles. The zero-order valence-electron chi connectivity index (χ0n) is 10.7. The van der Waals surface area contributed by atoms with Gasteiger partial charge in [0.15, 0.2) is 0 Å². The zero-order chi connectivity index (χ0) is 12.1. The molecule has 1 aliphatic carbocycles. The first-order chi connectivity index (χ1) is 8.24. The van der Waals surface area contributed by atoms with Crippen LogP contribution in [0.1, 0.15) is 44.9 Å². The second-order valence-corrected chi connectivity index (χ2v) is 5.50. The topological polar surface area (TPSA) is 58.4 Å². The van der Waals surface area contributed by atoms with Crippen molar-refractivity contribution in [1.82, 2.24) is 10.2 Å². The number of carbonyl (C=O) groups is 1. The first-order valence-electron chi connectivity index (χ1n) is 7.01. The summed E-state index contributed by atoms with van der Waals surface area (Å²) < 4.78 is 0. The van der Waals surface area contributed by atoms with Crippen LogP contribution in [0.5, 0.6) is 0 Å². The van der Waals surface area contributed by atoms with Crippen LogP contribution in [0.15, 0.2) is 0 Å². The standard InChI is InChI=1S/C13H25N3O/c14-11-6-8-16(10-11)9-7-13(17)15-12-4-2-1-3-5-12/h11-12H,1-10,14H2,(H,15,17)/t11-/m0/s1. The van der Waals surface area contributed by atoms with E-state index >= 15 is 0 Å².